The van der Waals surface area contributed by atoms with E-state index in [0.717, 1.165) is 29.7 Å². The molecule has 0 saturated carbocycles. The molecule has 2 heterocycles. The standard InChI is InChI=1S/C23H24F3N5O6/c1-22(2)20(34)30(21(35)29(22)14-15-7-9-27-10-8-15)16-5-4-6-17(11-16)31(37-23(24,25)26)18(32)12-28-13-19(33)36-3/h4-11,28H,12-14H2,1-3H3. The molecule has 0 spiro atoms. The smallest absolute Gasteiger partial charge is 0.468 e. The summed E-state index contributed by atoms with van der Waals surface area (Å²) in [5.41, 5.74) is -1.02. The fourth-order valence-electron chi connectivity index (χ4n) is 3.52. The van der Waals surface area contributed by atoms with E-state index in [-0.39, 0.29) is 17.3 Å². The third-order valence-corrected chi connectivity index (χ3v) is 5.43. The highest BCUT2D eigenvalue weighted by Crippen LogP contribution is 2.35. The summed E-state index contributed by atoms with van der Waals surface area (Å²) < 4.78 is 43.7. The Kier molecular flexibility index (Phi) is 8.13. The number of carbonyl (C=O) groups excluding carboxylic acids is 4. The predicted molar refractivity (Wildman–Crippen MR) is 123 cm³/mol. The van der Waals surface area contributed by atoms with Gasteiger partial charge in [-0.2, -0.15) is 9.90 Å². The molecular formula is C23H24F3N5O6. The zero-order chi connectivity index (χ0) is 27.4. The lowest BCUT2D eigenvalue weighted by Crippen LogP contribution is -2.43. The average molecular weight is 523 g/mol. The first-order valence-corrected chi connectivity index (χ1v) is 10.9. The highest BCUT2D eigenvalue weighted by Gasteiger charge is 2.52. The zero-order valence-electron chi connectivity index (χ0n) is 20.1. The molecule has 1 aliphatic rings. The van der Waals surface area contributed by atoms with Gasteiger partial charge in [-0.3, -0.25) is 24.7 Å². The van der Waals surface area contributed by atoms with Crippen molar-refractivity contribution in [3.63, 3.8) is 0 Å². The number of urea groups is 1. The summed E-state index contributed by atoms with van der Waals surface area (Å²) in [6.45, 7) is 2.05. The molecule has 37 heavy (non-hydrogen) atoms. The van der Waals surface area contributed by atoms with Crippen molar-refractivity contribution in [3.05, 3.63) is 54.4 Å². The van der Waals surface area contributed by atoms with Crippen LogP contribution in [0.15, 0.2) is 48.8 Å². The molecule has 198 valence electrons. The number of esters is 1. The number of aromatic nitrogens is 1. The van der Waals surface area contributed by atoms with E-state index in [1.54, 1.807) is 26.0 Å². The van der Waals surface area contributed by atoms with E-state index < -0.39 is 54.5 Å². The predicted octanol–water partition coefficient (Wildman–Crippen LogP) is 2.38. The molecule has 0 unspecified atom stereocenters. The lowest BCUT2D eigenvalue weighted by Gasteiger charge is -2.27. The molecule has 0 bridgehead atoms. The van der Waals surface area contributed by atoms with Gasteiger partial charge in [0.1, 0.15) is 5.54 Å². The number of methoxy groups -OCH3 is 1. The SMILES string of the molecule is COC(=O)CNCC(=O)N(OC(F)(F)F)c1cccc(N2C(=O)N(Cc3ccncc3)C(C)(C)C2=O)c1. The molecule has 4 amide bonds. The Hall–Kier alpha value is -4.04. The van der Waals surface area contributed by atoms with Crippen LogP contribution in [0.1, 0.15) is 19.4 Å². The van der Waals surface area contributed by atoms with Crippen molar-refractivity contribution < 1.29 is 41.9 Å². The third kappa shape index (κ3) is 6.40. The number of ether oxygens (including phenoxy) is 1. The quantitative estimate of drug-likeness (QED) is 0.302. The lowest BCUT2D eigenvalue weighted by atomic mass is 10.0. The molecule has 14 heteroatoms. The summed E-state index contributed by atoms with van der Waals surface area (Å²) in [5, 5.41) is 2.32. The van der Waals surface area contributed by atoms with Gasteiger partial charge in [-0.05, 0) is 49.7 Å². The van der Waals surface area contributed by atoms with Gasteiger partial charge in [0.2, 0.25) is 0 Å². The number of benzene rings is 1. The lowest BCUT2D eigenvalue weighted by molar-refractivity contribution is -0.327. The van der Waals surface area contributed by atoms with E-state index in [9.17, 15) is 32.3 Å². The Bertz CT molecular complexity index is 1170. The van der Waals surface area contributed by atoms with E-state index in [0.29, 0.717) is 0 Å². The minimum absolute atomic E-state index is 0.0291. The summed E-state index contributed by atoms with van der Waals surface area (Å²) in [4.78, 5) is 60.2. The molecule has 1 saturated heterocycles. The number of rotatable bonds is 9. The maximum Gasteiger partial charge on any atom is 0.544 e. The van der Waals surface area contributed by atoms with E-state index in [1.165, 1.54) is 29.4 Å². The van der Waals surface area contributed by atoms with Crippen LogP contribution in [0, 0.1) is 0 Å². The first kappa shape index (κ1) is 27.5. The van der Waals surface area contributed by atoms with Gasteiger partial charge in [0.15, 0.2) is 0 Å². The summed E-state index contributed by atoms with van der Waals surface area (Å²) in [6, 6.07) is 7.47. The van der Waals surface area contributed by atoms with Crippen molar-refractivity contribution >= 4 is 35.2 Å². The number of halogens is 3. The van der Waals surface area contributed by atoms with Crippen molar-refractivity contribution in [1.82, 2.24) is 15.2 Å². The maximum absolute atomic E-state index is 13.3. The fourth-order valence-corrected chi connectivity index (χ4v) is 3.52. The highest BCUT2D eigenvalue weighted by atomic mass is 19.4. The third-order valence-electron chi connectivity index (χ3n) is 5.43. The normalized spacial score (nSPS) is 15.2. The molecule has 1 aliphatic heterocycles. The van der Waals surface area contributed by atoms with Crippen molar-refractivity contribution in [2.75, 3.05) is 30.2 Å². The summed E-state index contributed by atoms with van der Waals surface area (Å²) in [7, 11) is 1.11. The molecule has 1 fully saturated rings. The van der Waals surface area contributed by atoms with Gasteiger partial charge in [0.05, 0.1) is 31.6 Å². The van der Waals surface area contributed by atoms with Crippen molar-refractivity contribution in [3.8, 4) is 0 Å². The van der Waals surface area contributed by atoms with E-state index >= 15 is 0 Å². The van der Waals surface area contributed by atoms with Crippen LogP contribution in [0.2, 0.25) is 0 Å². The second-order valence-corrected chi connectivity index (χ2v) is 8.35. The monoisotopic (exact) mass is 523 g/mol. The zero-order valence-corrected chi connectivity index (χ0v) is 20.1. The Morgan fingerprint density at radius 2 is 1.78 bits per heavy atom. The molecule has 1 N–H and O–H groups in total. The van der Waals surface area contributed by atoms with Gasteiger partial charge < -0.3 is 9.64 Å². The molecule has 1 aromatic carbocycles. The molecule has 2 aromatic rings. The molecular weight excluding hydrogens is 499 g/mol. The number of imide groups is 1. The molecule has 0 atom stereocenters. The molecule has 0 radical (unpaired) electrons. The van der Waals surface area contributed by atoms with Gasteiger partial charge in [-0.15, -0.1) is 13.2 Å². The van der Waals surface area contributed by atoms with Crippen LogP contribution in [-0.2, 0) is 30.5 Å². The van der Waals surface area contributed by atoms with Crippen LogP contribution in [0.5, 0.6) is 0 Å². The topological polar surface area (TPSA) is 121 Å². The number of hydrogen-bond acceptors (Lipinski definition) is 8. The minimum atomic E-state index is -5.24. The summed E-state index contributed by atoms with van der Waals surface area (Å²) in [6.07, 6.45) is -2.16. The van der Waals surface area contributed by atoms with Crippen LogP contribution < -0.4 is 15.3 Å². The number of carbonyl (C=O) groups is 4. The van der Waals surface area contributed by atoms with Crippen LogP contribution in [0.25, 0.3) is 0 Å². The minimum Gasteiger partial charge on any atom is -0.468 e. The van der Waals surface area contributed by atoms with Gasteiger partial charge in [0.25, 0.3) is 11.8 Å². The number of anilines is 2. The Labute approximate surface area is 209 Å². The molecule has 11 nitrogen and oxygen atoms in total. The summed E-state index contributed by atoms with van der Waals surface area (Å²) >= 11 is 0. The van der Waals surface area contributed by atoms with Gasteiger partial charge >= 0.3 is 18.4 Å². The Morgan fingerprint density at radius 1 is 1.11 bits per heavy atom. The maximum atomic E-state index is 13.3. The number of alkyl halides is 3. The number of nitrogens with one attached hydrogen (secondary N) is 1. The van der Waals surface area contributed by atoms with E-state index in [4.69, 9.17) is 0 Å². The van der Waals surface area contributed by atoms with Crippen molar-refractivity contribution in [2.45, 2.75) is 32.3 Å². The molecule has 0 aliphatic carbocycles. The van der Waals surface area contributed by atoms with Crippen LogP contribution in [0.3, 0.4) is 0 Å². The van der Waals surface area contributed by atoms with E-state index in [1.807, 2.05) is 0 Å². The fraction of sp³-hybridized carbons (Fsp3) is 0.348. The second kappa shape index (κ2) is 10.9. The van der Waals surface area contributed by atoms with Gasteiger partial charge in [-0.1, -0.05) is 6.07 Å². The Morgan fingerprint density at radius 3 is 2.41 bits per heavy atom. The largest absolute Gasteiger partial charge is 0.544 e. The van der Waals surface area contributed by atoms with Gasteiger partial charge in [-0.25, -0.2) is 9.69 Å². The number of hydroxylamine groups is 1. The second-order valence-electron chi connectivity index (χ2n) is 8.35. The Balaban J connectivity index is 1.89. The number of amides is 4. The van der Waals surface area contributed by atoms with Crippen LogP contribution >= 0.6 is 0 Å². The average Bonchev–Trinajstić information content (AvgIpc) is 3.01. The number of nitrogens with zero attached hydrogens (tertiary/aromatic N) is 4. The van der Waals surface area contributed by atoms with E-state index in [2.05, 4.69) is 19.9 Å². The van der Waals surface area contributed by atoms with Crippen LogP contribution in [-0.4, -0.2) is 65.8 Å². The first-order chi connectivity index (χ1) is 17.3. The van der Waals surface area contributed by atoms with Crippen molar-refractivity contribution in [1.29, 1.82) is 0 Å². The van der Waals surface area contributed by atoms with Crippen molar-refractivity contribution in [2.24, 2.45) is 0 Å². The summed E-state index contributed by atoms with van der Waals surface area (Å²) in [5.74, 6) is -2.54. The molecule has 1 aromatic heterocycles. The highest BCUT2D eigenvalue weighted by molar-refractivity contribution is 6.23. The molecule has 3 rings (SSSR count). The first-order valence-electron chi connectivity index (χ1n) is 10.9. The van der Waals surface area contributed by atoms with Crippen LogP contribution in [0.4, 0.5) is 29.3 Å². The number of pyridine rings is 1. The number of hydrogen-bond donors (Lipinski definition) is 1. The van der Waals surface area contributed by atoms with Gasteiger partial charge in [0, 0.05) is 18.9 Å².